The molecule has 152 valence electrons. The molecule has 4 rings (SSSR count). The normalized spacial score (nSPS) is 23.0. The molecule has 2 aliphatic heterocycles. The lowest BCUT2D eigenvalue weighted by Gasteiger charge is -2.43. The predicted molar refractivity (Wildman–Crippen MR) is 111 cm³/mol. The summed E-state index contributed by atoms with van der Waals surface area (Å²) in [4.78, 5) is 2.53. The summed E-state index contributed by atoms with van der Waals surface area (Å²) in [5, 5.41) is 14.4. The number of aliphatic hydroxyl groups is 1. The zero-order chi connectivity index (χ0) is 19.4. The molecule has 0 radical (unpaired) electrons. The summed E-state index contributed by atoms with van der Waals surface area (Å²) < 4.78 is 7.86. The Morgan fingerprint density at radius 3 is 2.75 bits per heavy atom. The lowest BCUT2D eigenvalue weighted by atomic mass is 9.74. The van der Waals surface area contributed by atoms with Crippen LogP contribution in [0.1, 0.15) is 49.7 Å². The first-order valence-electron chi connectivity index (χ1n) is 10.7. The van der Waals surface area contributed by atoms with Crippen molar-refractivity contribution in [2.24, 2.45) is 5.41 Å². The number of aryl methyl sites for hydroxylation is 1. The fraction of sp³-hybridized carbons (Fsp3) is 0.609. The minimum atomic E-state index is 0.0531. The summed E-state index contributed by atoms with van der Waals surface area (Å²) in [6.45, 7) is 6.45. The highest BCUT2D eigenvalue weighted by Crippen LogP contribution is 2.38. The number of ether oxygens (including phenoxy) is 1. The molecular weight excluding hydrogens is 350 g/mol. The average Bonchev–Trinajstić information content (AvgIpc) is 3.27. The number of nitrogens with zero attached hydrogens (tertiary/aromatic N) is 3. The van der Waals surface area contributed by atoms with Gasteiger partial charge in [0, 0.05) is 32.2 Å². The Kier molecular flexibility index (Phi) is 6.14. The summed E-state index contributed by atoms with van der Waals surface area (Å²) >= 11 is 0. The Morgan fingerprint density at radius 1 is 1.25 bits per heavy atom. The van der Waals surface area contributed by atoms with Gasteiger partial charge < -0.3 is 9.84 Å². The minimum absolute atomic E-state index is 0.0531. The molecule has 0 aliphatic carbocycles. The van der Waals surface area contributed by atoms with E-state index < -0.39 is 0 Å². The van der Waals surface area contributed by atoms with E-state index in [0.29, 0.717) is 6.10 Å². The number of hydrogen-bond donors (Lipinski definition) is 1. The molecule has 0 bridgehead atoms. The number of aliphatic hydroxyl groups excluding tert-OH is 1. The van der Waals surface area contributed by atoms with Crippen LogP contribution >= 0.6 is 0 Å². The van der Waals surface area contributed by atoms with E-state index in [4.69, 9.17) is 4.74 Å². The third kappa shape index (κ3) is 4.48. The van der Waals surface area contributed by atoms with Gasteiger partial charge in [0.15, 0.2) is 0 Å². The molecule has 5 nitrogen and oxygen atoms in total. The van der Waals surface area contributed by atoms with Crippen LogP contribution in [0, 0.1) is 12.3 Å². The molecule has 1 aromatic heterocycles. The largest absolute Gasteiger partial charge is 0.396 e. The molecule has 0 saturated carbocycles. The van der Waals surface area contributed by atoms with Crippen LogP contribution in [0.15, 0.2) is 36.7 Å². The first kappa shape index (κ1) is 19.6. The second-order valence-electron chi connectivity index (χ2n) is 8.69. The van der Waals surface area contributed by atoms with Crippen molar-refractivity contribution in [3.8, 4) is 5.69 Å². The fourth-order valence-electron chi connectivity index (χ4n) is 4.73. The molecule has 0 spiro atoms. The number of hydrogen-bond acceptors (Lipinski definition) is 4. The first-order valence-corrected chi connectivity index (χ1v) is 10.7. The third-order valence-corrected chi connectivity index (χ3v) is 6.68. The maximum absolute atomic E-state index is 10.1. The second-order valence-corrected chi connectivity index (χ2v) is 8.69. The van der Waals surface area contributed by atoms with Gasteiger partial charge in [-0.05, 0) is 93.3 Å². The molecule has 28 heavy (non-hydrogen) atoms. The lowest BCUT2D eigenvalue weighted by Crippen LogP contribution is -2.44. The fourth-order valence-corrected chi connectivity index (χ4v) is 4.73. The van der Waals surface area contributed by atoms with Crippen molar-refractivity contribution in [3.05, 3.63) is 47.8 Å². The van der Waals surface area contributed by atoms with Crippen molar-refractivity contribution >= 4 is 0 Å². The molecule has 1 atom stereocenters. The molecule has 3 heterocycles. The Morgan fingerprint density at radius 2 is 2.11 bits per heavy atom. The van der Waals surface area contributed by atoms with Crippen molar-refractivity contribution in [2.75, 3.05) is 26.3 Å². The van der Waals surface area contributed by atoms with E-state index in [-0.39, 0.29) is 12.0 Å². The van der Waals surface area contributed by atoms with E-state index in [1.165, 1.54) is 24.0 Å². The molecule has 5 heteroatoms. The SMILES string of the molecule is Cc1cc(-n2cccn2)ccc1CN1CCC(CO)(CC2CCCCO2)CC1. The van der Waals surface area contributed by atoms with Crippen molar-refractivity contribution in [1.29, 1.82) is 0 Å². The van der Waals surface area contributed by atoms with Crippen LogP contribution in [-0.4, -0.2) is 52.2 Å². The van der Waals surface area contributed by atoms with Gasteiger partial charge in [0.05, 0.1) is 11.8 Å². The average molecular weight is 384 g/mol. The van der Waals surface area contributed by atoms with Crippen molar-refractivity contribution < 1.29 is 9.84 Å². The molecule has 2 saturated heterocycles. The Balaban J connectivity index is 1.34. The first-order chi connectivity index (χ1) is 13.7. The summed E-state index contributed by atoms with van der Waals surface area (Å²) in [5.41, 5.74) is 3.85. The van der Waals surface area contributed by atoms with E-state index in [1.54, 1.807) is 0 Å². The van der Waals surface area contributed by atoms with Gasteiger partial charge in [-0.25, -0.2) is 4.68 Å². The molecule has 1 aromatic carbocycles. The van der Waals surface area contributed by atoms with Crippen molar-refractivity contribution in [2.45, 2.75) is 58.1 Å². The standard InChI is InChI=1S/C23H33N3O2/c1-19-15-21(26-11-4-10-24-26)7-6-20(19)17-25-12-8-23(18-27,9-13-25)16-22-5-2-3-14-28-22/h4,6-7,10-11,15,22,27H,2-3,5,8-9,12-14,16-18H2,1H3. The second kappa shape index (κ2) is 8.76. The van der Waals surface area contributed by atoms with E-state index in [1.807, 2.05) is 23.1 Å². The van der Waals surface area contributed by atoms with Gasteiger partial charge in [0.1, 0.15) is 0 Å². The van der Waals surface area contributed by atoms with Crippen LogP contribution in [0.4, 0.5) is 0 Å². The van der Waals surface area contributed by atoms with E-state index in [2.05, 4.69) is 35.1 Å². The van der Waals surface area contributed by atoms with Gasteiger partial charge >= 0.3 is 0 Å². The quantitative estimate of drug-likeness (QED) is 0.826. The van der Waals surface area contributed by atoms with Crippen LogP contribution in [0.25, 0.3) is 5.69 Å². The van der Waals surface area contributed by atoms with Crippen molar-refractivity contribution in [3.63, 3.8) is 0 Å². The lowest BCUT2D eigenvalue weighted by molar-refractivity contribution is -0.0486. The topological polar surface area (TPSA) is 50.5 Å². The molecule has 0 amide bonds. The van der Waals surface area contributed by atoms with Crippen LogP contribution in [0.3, 0.4) is 0 Å². The van der Waals surface area contributed by atoms with E-state index in [9.17, 15) is 5.11 Å². The van der Waals surface area contributed by atoms with Gasteiger partial charge in [-0.3, -0.25) is 4.90 Å². The summed E-state index contributed by atoms with van der Waals surface area (Å²) in [6, 6.07) is 8.54. The number of piperidine rings is 1. The van der Waals surface area contributed by atoms with Crippen LogP contribution < -0.4 is 0 Å². The summed E-state index contributed by atoms with van der Waals surface area (Å²) in [5.74, 6) is 0. The zero-order valence-electron chi connectivity index (χ0n) is 17.0. The molecule has 1 N–H and O–H groups in total. The maximum atomic E-state index is 10.1. The molecule has 2 fully saturated rings. The molecule has 2 aromatic rings. The Labute approximate surface area is 168 Å². The summed E-state index contributed by atoms with van der Waals surface area (Å²) in [6.07, 6.45) is 10.9. The van der Waals surface area contributed by atoms with Crippen LogP contribution in [-0.2, 0) is 11.3 Å². The minimum Gasteiger partial charge on any atom is -0.396 e. The number of aromatic nitrogens is 2. The van der Waals surface area contributed by atoms with Crippen LogP contribution in [0.5, 0.6) is 0 Å². The molecule has 2 aliphatic rings. The number of rotatable bonds is 6. The van der Waals surface area contributed by atoms with Gasteiger partial charge in [-0.15, -0.1) is 0 Å². The number of benzene rings is 1. The van der Waals surface area contributed by atoms with Gasteiger partial charge in [0.25, 0.3) is 0 Å². The Bertz CT molecular complexity index is 745. The van der Waals surface area contributed by atoms with Gasteiger partial charge in [-0.2, -0.15) is 5.10 Å². The highest BCUT2D eigenvalue weighted by atomic mass is 16.5. The van der Waals surface area contributed by atoms with E-state index in [0.717, 1.165) is 57.6 Å². The van der Waals surface area contributed by atoms with E-state index >= 15 is 0 Å². The van der Waals surface area contributed by atoms with Gasteiger partial charge in [-0.1, -0.05) is 6.07 Å². The van der Waals surface area contributed by atoms with Crippen LogP contribution in [0.2, 0.25) is 0 Å². The zero-order valence-corrected chi connectivity index (χ0v) is 17.0. The summed E-state index contributed by atoms with van der Waals surface area (Å²) in [7, 11) is 0. The Hall–Kier alpha value is -1.69. The molecule has 1 unspecified atom stereocenters. The smallest absolute Gasteiger partial charge is 0.0648 e. The monoisotopic (exact) mass is 383 g/mol. The number of likely N-dealkylation sites (tertiary alicyclic amines) is 1. The molecular formula is C23H33N3O2. The third-order valence-electron chi connectivity index (χ3n) is 6.68. The van der Waals surface area contributed by atoms with Crippen molar-refractivity contribution in [1.82, 2.24) is 14.7 Å². The maximum Gasteiger partial charge on any atom is 0.0648 e. The van der Waals surface area contributed by atoms with Gasteiger partial charge in [0.2, 0.25) is 0 Å². The highest BCUT2D eigenvalue weighted by molar-refractivity contribution is 5.39. The highest BCUT2D eigenvalue weighted by Gasteiger charge is 2.37. The predicted octanol–water partition coefficient (Wildman–Crippen LogP) is 3.71.